The second-order valence-electron chi connectivity index (χ2n) is 6.01. The van der Waals surface area contributed by atoms with Gasteiger partial charge in [0.15, 0.2) is 0 Å². The van der Waals surface area contributed by atoms with Gasteiger partial charge in [0.05, 0.1) is 20.3 Å². The zero-order valence-electron chi connectivity index (χ0n) is 14.8. The number of ether oxygens (including phenoxy) is 2. The Hall–Kier alpha value is -2.16. The van der Waals surface area contributed by atoms with Crippen molar-refractivity contribution in [3.05, 3.63) is 48.7 Å². The number of likely N-dealkylation sites (N-methyl/N-ethyl adjacent to an activating group) is 1. The zero-order chi connectivity index (χ0) is 18.4. The molecule has 0 amide bonds. The molecule has 0 bridgehead atoms. The maximum absolute atomic E-state index is 12.6. The predicted octanol–water partition coefficient (Wildman–Crippen LogP) is 1.04. The molecule has 0 atom stereocenters. The number of nitrogens with zero attached hydrogens (tertiary/aromatic N) is 2. The molecule has 0 radical (unpaired) electrons. The van der Waals surface area contributed by atoms with Gasteiger partial charge in [0.1, 0.15) is 30.0 Å². The van der Waals surface area contributed by atoms with E-state index in [0.717, 1.165) is 11.6 Å². The monoisotopic (exact) mass is 378 g/mol. The maximum Gasteiger partial charge on any atom is 0.274 e. The molecule has 0 spiro atoms. The molecular formula is C18H24N3O4S+. The number of anilines is 1. The van der Waals surface area contributed by atoms with Crippen LogP contribution >= 0.6 is 0 Å². The van der Waals surface area contributed by atoms with Crippen molar-refractivity contribution in [2.24, 2.45) is 0 Å². The molecule has 2 heterocycles. The van der Waals surface area contributed by atoms with E-state index in [2.05, 4.69) is 4.98 Å². The first kappa shape index (κ1) is 18.6. The van der Waals surface area contributed by atoms with Gasteiger partial charge < -0.3 is 9.47 Å². The summed E-state index contributed by atoms with van der Waals surface area (Å²) in [5.74, 6) is 1.65. The number of rotatable bonds is 7. The van der Waals surface area contributed by atoms with E-state index in [0.29, 0.717) is 39.5 Å². The smallest absolute Gasteiger partial charge is 0.274 e. The second-order valence-corrected chi connectivity index (χ2v) is 7.95. The van der Waals surface area contributed by atoms with Crippen molar-refractivity contribution in [1.82, 2.24) is 4.31 Å². The third-order valence-electron chi connectivity index (χ3n) is 4.23. The van der Waals surface area contributed by atoms with Crippen LogP contribution in [0.1, 0.15) is 0 Å². The van der Waals surface area contributed by atoms with Crippen molar-refractivity contribution in [2.45, 2.75) is 4.90 Å². The quantitative estimate of drug-likeness (QED) is 0.720. The Balaban J connectivity index is 1.58. The summed E-state index contributed by atoms with van der Waals surface area (Å²) in [4.78, 5) is 5.31. The summed E-state index contributed by atoms with van der Waals surface area (Å²) in [5.41, 5.74) is 0. The number of aromatic nitrogens is 1. The van der Waals surface area contributed by atoms with Gasteiger partial charge >= 0.3 is 0 Å². The molecular weight excluding hydrogens is 354 g/mol. The molecule has 1 aromatic heterocycles. The lowest BCUT2D eigenvalue weighted by Gasteiger charge is -2.25. The van der Waals surface area contributed by atoms with E-state index in [-0.39, 0.29) is 4.90 Å². The lowest BCUT2D eigenvalue weighted by Crippen LogP contribution is -2.41. The fourth-order valence-electron chi connectivity index (χ4n) is 2.67. The van der Waals surface area contributed by atoms with E-state index in [1.165, 1.54) is 10.5 Å². The number of aromatic amines is 1. The van der Waals surface area contributed by atoms with Crippen LogP contribution in [-0.2, 0) is 14.8 Å². The van der Waals surface area contributed by atoms with E-state index in [4.69, 9.17) is 9.47 Å². The number of sulfonamides is 1. The highest BCUT2D eigenvalue weighted by Gasteiger charge is 2.27. The summed E-state index contributed by atoms with van der Waals surface area (Å²) < 4.78 is 37.6. The highest BCUT2D eigenvalue weighted by atomic mass is 32.2. The SMILES string of the molecule is CN(CCOc1ccccc1)c1ccc(S(=O)(=O)N2CCOCC2)c[nH+]1. The van der Waals surface area contributed by atoms with E-state index >= 15 is 0 Å². The Morgan fingerprint density at radius 1 is 1.15 bits per heavy atom. The first-order valence-electron chi connectivity index (χ1n) is 8.56. The number of nitrogens with one attached hydrogen (secondary N) is 1. The van der Waals surface area contributed by atoms with Gasteiger partial charge in [-0.05, 0) is 18.2 Å². The Kier molecular flexibility index (Phi) is 6.08. The van der Waals surface area contributed by atoms with Gasteiger partial charge in [-0.3, -0.25) is 4.90 Å². The van der Waals surface area contributed by atoms with E-state index in [1.807, 2.05) is 42.3 Å². The Morgan fingerprint density at radius 2 is 1.88 bits per heavy atom. The van der Waals surface area contributed by atoms with Gasteiger partial charge in [0.25, 0.3) is 5.82 Å². The van der Waals surface area contributed by atoms with Crippen LogP contribution in [0.2, 0.25) is 0 Å². The summed E-state index contributed by atoms with van der Waals surface area (Å²) in [6, 6.07) is 13.0. The van der Waals surface area contributed by atoms with Crippen LogP contribution < -0.4 is 14.6 Å². The molecule has 7 nitrogen and oxygen atoms in total. The number of hydrogen-bond donors (Lipinski definition) is 0. The zero-order valence-corrected chi connectivity index (χ0v) is 15.6. The third-order valence-corrected chi connectivity index (χ3v) is 6.12. The lowest BCUT2D eigenvalue weighted by molar-refractivity contribution is -0.367. The summed E-state index contributed by atoms with van der Waals surface area (Å²) in [7, 11) is -1.55. The van der Waals surface area contributed by atoms with E-state index in [9.17, 15) is 8.42 Å². The van der Waals surface area contributed by atoms with Crippen LogP contribution in [0.3, 0.4) is 0 Å². The Morgan fingerprint density at radius 3 is 2.54 bits per heavy atom. The minimum absolute atomic E-state index is 0.261. The molecule has 1 fully saturated rings. The van der Waals surface area contributed by atoms with Crippen molar-refractivity contribution in [2.75, 3.05) is 51.4 Å². The van der Waals surface area contributed by atoms with E-state index < -0.39 is 10.0 Å². The van der Waals surface area contributed by atoms with Crippen molar-refractivity contribution >= 4 is 15.8 Å². The number of benzene rings is 1. The fraction of sp³-hybridized carbons (Fsp3) is 0.389. The van der Waals surface area contributed by atoms with Crippen molar-refractivity contribution in [3.8, 4) is 5.75 Å². The molecule has 3 rings (SSSR count). The predicted molar refractivity (Wildman–Crippen MR) is 97.8 cm³/mol. The Bertz CT molecular complexity index is 791. The fourth-order valence-corrected chi connectivity index (χ4v) is 4.05. The molecule has 0 saturated carbocycles. The van der Waals surface area contributed by atoms with Gasteiger partial charge in [-0.25, -0.2) is 13.4 Å². The number of H-pyrrole nitrogens is 1. The third kappa shape index (κ3) is 4.51. The van der Waals surface area contributed by atoms with Crippen LogP contribution in [0, 0.1) is 0 Å². The molecule has 0 unspecified atom stereocenters. The average molecular weight is 378 g/mol. The van der Waals surface area contributed by atoms with Crippen LogP contribution in [0.25, 0.3) is 0 Å². The molecule has 8 heteroatoms. The molecule has 1 saturated heterocycles. The number of morpholine rings is 1. The molecule has 26 heavy (non-hydrogen) atoms. The largest absolute Gasteiger partial charge is 0.490 e. The number of hydrogen-bond acceptors (Lipinski definition) is 5. The van der Waals surface area contributed by atoms with Gasteiger partial charge in [-0.1, -0.05) is 18.2 Å². The van der Waals surface area contributed by atoms with Gasteiger partial charge in [-0.2, -0.15) is 4.31 Å². The van der Waals surface area contributed by atoms with Crippen molar-refractivity contribution in [1.29, 1.82) is 0 Å². The standard InChI is InChI=1S/C18H23N3O4S/c1-20(9-14-25-16-5-3-2-4-6-16)18-8-7-17(15-19-18)26(22,23)21-10-12-24-13-11-21/h2-8,15H,9-14H2,1H3/p+1. The Labute approximate surface area is 154 Å². The normalized spacial score (nSPS) is 15.6. The minimum atomic E-state index is -3.48. The summed E-state index contributed by atoms with van der Waals surface area (Å²) in [5, 5.41) is 0. The molecule has 1 N–H and O–H groups in total. The molecule has 1 aliphatic heterocycles. The highest BCUT2D eigenvalue weighted by Crippen LogP contribution is 2.17. The highest BCUT2D eigenvalue weighted by molar-refractivity contribution is 7.89. The summed E-state index contributed by atoms with van der Waals surface area (Å²) >= 11 is 0. The molecule has 1 aromatic carbocycles. The number of pyridine rings is 1. The first-order chi connectivity index (χ1) is 12.6. The first-order valence-corrected chi connectivity index (χ1v) is 10.00. The van der Waals surface area contributed by atoms with Crippen LogP contribution in [0.5, 0.6) is 5.75 Å². The maximum atomic E-state index is 12.6. The summed E-state index contributed by atoms with van der Waals surface area (Å²) in [6.07, 6.45) is 1.54. The molecule has 2 aromatic rings. The van der Waals surface area contributed by atoms with Crippen LogP contribution in [-0.4, -0.2) is 59.2 Å². The van der Waals surface area contributed by atoms with Gasteiger partial charge in [0.2, 0.25) is 10.0 Å². The van der Waals surface area contributed by atoms with Crippen LogP contribution in [0.4, 0.5) is 5.82 Å². The minimum Gasteiger partial charge on any atom is -0.490 e. The lowest BCUT2D eigenvalue weighted by atomic mass is 10.3. The second kappa shape index (κ2) is 8.48. The molecule has 0 aliphatic carbocycles. The molecule has 1 aliphatic rings. The summed E-state index contributed by atoms with van der Waals surface area (Å²) in [6.45, 7) is 2.85. The van der Waals surface area contributed by atoms with Gasteiger partial charge in [0, 0.05) is 19.2 Å². The topological polar surface area (TPSA) is 73.2 Å². The van der Waals surface area contributed by atoms with Crippen molar-refractivity contribution in [3.63, 3.8) is 0 Å². The number of para-hydroxylation sites is 1. The van der Waals surface area contributed by atoms with Gasteiger partial charge in [-0.15, -0.1) is 0 Å². The van der Waals surface area contributed by atoms with Crippen molar-refractivity contribution < 1.29 is 22.9 Å². The van der Waals surface area contributed by atoms with Crippen LogP contribution in [0.15, 0.2) is 53.6 Å². The van der Waals surface area contributed by atoms with E-state index in [1.54, 1.807) is 12.1 Å². The molecule has 140 valence electrons. The average Bonchev–Trinajstić information content (AvgIpc) is 2.69.